The summed E-state index contributed by atoms with van der Waals surface area (Å²) in [4.78, 5) is 19.2. The van der Waals surface area contributed by atoms with Crippen molar-refractivity contribution in [3.05, 3.63) is 24.3 Å². The largest absolute Gasteiger partial charge is 0.444 e. The lowest BCUT2D eigenvalue weighted by atomic mass is 10.2. The fourth-order valence-electron chi connectivity index (χ4n) is 1.02. The Bertz CT molecular complexity index is 420. The quantitative estimate of drug-likeness (QED) is 0.618. The zero-order chi connectivity index (χ0) is 12.7. The molecular weight excluding hydrogens is 220 g/mol. The number of carbonyl (C=O) groups excluding carboxylic acids is 1. The Balaban J connectivity index is 2.64. The molecule has 0 aliphatic heterocycles. The van der Waals surface area contributed by atoms with Gasteiger partial charge in [-0.25, -0.2) is 9.78 Å². The molecule has 0 amide bonds. The molecule has 2 unspecified atom stereocenters. The first-order chi connectivity index (χ1) is 8.13. The highest BCUT2D eigenvalue weighted by atomic mass is 16.5. The van der Waals surface area contributed by atoms with Crippen molar-refractivity contribution in [1.29, 1.82) is 0 Å². The van der Waals surface area contributed by atoms with E-state index in [0.29, 0.717) is 6.42 Å². The molecule has 5 heteroatoms. The molecule has 0 radical (unpaired) electrons. The Kier molecular flexibility index (Phi) is 5.11. The van der Waals surface area contributed by atoms with Gasteiger partial charge in [0.2, 0.25) is 0 Å². The van der Waals surface area contributed by atoms with Gasteiger partial charge in [0, 0.05) is 12.4 Å². The summed E-state index contributed by atoms with van der Waals surface area (Å²) in [5.41, 5.74) is 0.143. The second kappa shape index (κ2) is 6.61. The molecule has 1 rings (SSSR count). The van der Waals surface area contributed by atoms with Gasteiger partial charge in [-0.15, -0.1) is 0 Å². The van der Waals surface area contributed by atoms with Crippen molar-refractivity contribution in [2.75, 3.05) is 0 Å². The number of ether oxygens (including phenoxy) is 1. The minimum absolute atomic E-state index is 0.143. The highest BCUT2D eigenvalue weighted by Crippen LogP contribution is 2.02. The first-order valence-electron chi connectivity index (χ1n) is 5.29. The molecule has 1 aromatic heterocycles. The van der Waals surface area contributed by atoms with Gasteiger partial charge in [-0.2, -0.15) is 0 Å². The molecule has 0 aromatic carbocycles. The minimum Gasteiger partial charge on any atom is -0.444 e. The number of nitrogens with zero attached hydrogens (tertiary/aromatic N) is 2. The molecule has 0 aliphatic carbocycles. The summed E-state index contributed by atoms with van der Waals surface area (Å²) in [7, 11) is 0. The van der Waals surface area contributed by atoms with Crippen LogP contribution in [0.4, 0.5) is 0 Å². The Morgan fingerprint density at radius 1 is 1.53 bits per heavy atom. The first-order valence-corrected chi connectivity index (χ1v) is 5.29. The Morgan fingerprint density at radius 2 is 2.29 bits per heavy atom. The smallest absolute Gasteiger partial charge is 0.359 e. The van der Waals surface area contributed by atoms with E-state index in [2.05, 4.69) is 21.8 Å². The molecule has 90 valence electrons. The number of esters is 1. The summed E-state index contributed by atoms with van der Waals surface area (Å²) in [5, 5.41) is 9.01. The van der Waals surface area contributed by atoms with Crippen LogP contribution < -0.4 is 0 Å². The molecule has 1 heterocycles. The third-order valence-corrected chi connectivity index (χ3v) is 1.85. The summed E-state index contributed by atoms with van der Waals surface area (Å²) in [6.07, 6.45) is 3.49. The number of carbonyl (C=O) groups is 1. The lowest BCUT2D eigenvalue weighted by Gasteiger charge is -2.09. The molecule has 5 nitrogen and oxygen atoms in total. The number of aliphatic hydroxyl groups is 1. The predicted molar refractivity (Wildman–Crippen MR) is 61.0 cm³/mol. The third-order valence-electron chi connectivity index (χ3n) is 1.85. The fourth-order valence-corrected chi connectivity index (χ4v) is 1.02. The average molecular weight is 234 g/mol. The highest BCUT2D eigenvalue weighted by Gasteiger charge is 2.13. The maximum atomic E-state index is 11.6. The van der Waals surface area contributed by atoms with Crippen LogP contribution in [0.25, 0.3) is 0 Å². The summed E-state index contributed by atoms with van der Waals surface area (Å²) in [6.45, 7) is 3.38. The van der Waals surface area contributed by atoms with Crippen LogP contribution in [0, 0.1) is 11.8 Å². The second-order valence-corrected chi connectivity index (χ2v) is 3.36. The topological polar surface area (TPSA) is 72.3 Å². The molecule has 0 spiro atoms. The summed E-state index contributed by atoms with van der Waals surface area (Å²) < 4.78 is 5.11. The summed E-state index contributed by atoms with van der Waals surface area (Å²) in [5.74, 6) is 4.66. The molecule has 1 aromatic rings. The summed E-state index contributed by atoms with van der Waals surface area (Å²) >= 11 is 0. The van der Waals surface area contributed by atoms with Crippen molar-refractivity contribution in [2.45, 2.75) is 32.5 Å². The van der Waals surface area contributed by atoms with Gasteiger partial charge in [-0.1, -0.05) is 18.8 Å². The molecule has 2 atom stereocenters. The van der Waals surface area contributed by atoms with Crippen molar-refractivity contribution in [3.63, 3.8) is 0 Å². The van der Waals surface area contributed by atoms with Crippen LogP contribution >= 0.6 is 0 Å². The maximum Gasteiger partial charge on any atom is 0.359 e. The second-order valence-electron chi connectivity index (χ2n) is 3.36. The molecule has 17 heavy (non-hydrogen) atoms. The van der Waals surface area contributed by atoms with Crippen LogP contribution in [-0.4, -0.2) is 33.3 Å². The Hall–Kier alpha value is -1.93. The normalized spacial score (nSPS) is 13.1. The third kappa shape index (κ3) is 4.62. The lowest BCUT2D eigenvalue weighted by Crippen LogP contribution is -2.17. The molecular formula is C12H14N2O3. The van der Waals surface area contributed by atoms with Gasteiger partial charge in [0.1, 0.15) is 6.10 Å². The highest BCUT2D eigenvalue weighted by molar-refractivity contribution is 5.87. The van der Waals surface area contributed by atoms with Crippen molar-refractivity contribution in [1.82, 2.24) is 9.97 Å². The molecule has 0 bridgehead atoms. The van der Waals surface area contributed by atoms with Crippen LogP contribution in [0.15, 0.2) is 18.6 Å². The van der Waals surface area contributed by atoms with Crippen LogP contribution in [0.2, 0.25) is 0 Å². The van der Waals surface area contributed by atoms with E-state index in [9.17, 15) is 4.79 Å². The van der Waals surface area contributed by atoms with E-state index in [-0.39, 0.29) is 5.69 Å². The first kappa shape index (κ1) is 13.1. The SMILES string of the molecule is CCC(C#CC(C)O)OC(=O)c1cnccn1. The van der Waals surface area contributed by atoms with Crippen molar-refractivity contribution in [2.24, 2.45) is 0 Å². The van der Waals surface area contributed by atoms with Gasteiger partial charge in [-0.05, 0) is 13.3 Å². The van der Waals surface area contributed by atoms with Crippen LogP contribution in [0.5, 0.6) is 0 Å². The zero-order valence-electron chi connectivity index (χ0n) is 9.75. The van der Waals surface area contributed by atoms with Gasteiger partial charge in [0.25, 0.3) is 0 Å². The van der Waals surface area contributed by atoms with Crippen molar-refractivity contribution >= 4 is 5.97 Å². The van der Waals surface area contributed by atoms with E-state index in [1.54, 1.807) is 6.92 Å². The van der Waals surface area contributed by atoms with E-state index in [1.165, 1.54) is 18.6 Å². The molecule has 0 saturated carbocycles. The molecule has 1 N–H and O–H groups in total. The van der Waals surface area contributed by atoms with E-state index >= 15 is 0 Å². The van der Waals surface area contributed by atoms with Gasteiger partial charge in [0.05, 0.1) is 6.20 Å². The Morgan fingerprint density at radius 3 is 2.82 bits per heavy atom. The lowest BCUT2D eigenvalue weighted by molar-refractivity contribution is 0.0396. The van der Waals surface area contributed by atoms with Crippen LogP contribution in [0.3, 0.4) is 0 Å². The van der Waals surface area contributed by atoms with Crippen LogP contribution in [-0.2, 0) is 4.74 Å². The van der Waals surface area contributed by atoms with Crippen molar-refractivity contribution < 1.29 is 14.6 Å². The predicted octanol–water partition coefficient (Wildman–Crippen LogP) is 0.796. The average Bonchev–Trinajstić information content (AvgIpc) is 2.35. The molecule has 0 saturated heterocycles. The minimum atomic E-state index is -0.737. The fraction of sp³-hybridized carbons (Fsp3) is 0.417. The van der Waals surface area contributed by atoms with Gasteiger partial charge < -0.3 is 9.84 Å². The van der Waals surface area contributed by atoms with Gasteiger partial charge in [-0.3, -0.25) is 4.98 Å². The monoisotopic (exact) mass is 234 g/mol. The standard InChI is InChI=1S/C12H14N2O3/c1-3-10(5-4-9(2)15)17-12(16)11-8-13-6-7-14-11/h6-10,15H,3H2,1-2H3. The number of hydrogen-bond acceptors (Lipinski definition) is 5. The summed E-state index contributed by atoms with van der Waals surface area (Å²) in [6, 6.07) is 0. The van der Waals surface area contributed by atoms with Crippen molar-refractivity contribution in [3.8, 4) is 11.8 Å². The van der Waals surface area contributed by atoms with E-state index in [1.807, 2.05) is 6.92 Å². The van der Waals surface area contributed by atoms with Gasteiger partial charge >= 0.3 is 5.97 Å². The number of hydrogen-bond donors (Lipinski definition) is 1. The van der Waals surface area contributed by atoms with Crippen LogP contribution in [0.1, 0.15) is 30.8 Å². The molecule has 0 fully saturated rings. The van der Waals surface area contributed by atoms with E-state index in [4.69, 9.17) is 9.84 Å². The maximum absolute atomic E-state index is 11.6. The number of aliphatic hydroxyl groups excluding tert-OH is 1. The molecule has 0 aliphatic rings. The Labute approximate surface area is 99.9 Å². The van der Waals surface area contributed by atoms with E-state index in [0.717, 1.165) is 0 Å². The van der Waals surface area contributed by atoms with Gasteiger partial charge in [0.15, 0.2) is 11.8 Å². The number of rotatable bonds is 3. The van der Waals surface area contributed by atoms with E-state index < -0.39 is 18.2 Å². The zero-order valence-corrected chi connectivity index (χ0v) is 9.75. The number of aromatic nitrogens is 2.